The molecule has 0 saturated carbocycles. The number of allylic oxidation sites excluding steroid dienone is 1. The molecule has 3 aromatic carbocycles. The molecule has 0 aliphatic carbocycles. The summed E-state index contributed by atoms with van der Waals surface area (Å²) >= 11 is 12.2. The van der Waals surface area contributed by atoms with Crippen molar-refractivity contribution in [3.05, 3.63) is 117 Å². The van der Waals surface area contributed by atoms with E-state index in [2.05, 4.69) is 6.07 Å². The number of nitrogens with two attached hydrogens (primary N) is 1. The third-order valence-electron chi connectivity index (χ3n) is 6.11. The van der Waals surface area contributed by atoms with Crippen LogP contribution >= 0.6 is 23.2 Å². The van der Waals surface area contributed by atoms with E-state index in [4.69, 9.17) is 43.1 Å². The van der Waals surface area contributed by atoms with Crippen LogP contribution in [0, 0.1) is 11.3 Å². The second kappa shape index (κ2) is 11.9. The molecule has 10 heteroatoms. The number of ether oxygens (including phenoxy) is 3. The van der Waals surface area contributed by atoms with E-state index in [-0.39, 0.29) is 29.3 Å². The SMILES string of the molecule is COC(=O)C1=C(C(=O)OC)N(c2ccc(OCc3ccc(Cl)cc3Cl)cc2)C(N)=C(C#N)C1c1ccccc1. The minimum atomic E-state index is -0.944. The van der Waals surface area contributed by atoms with Gasteiger partial charge in [-0.1, -0.05) is 59.6 Å². The van der Waals surface area contributed by atoms with Gasteiger partial charge in [-0.05, 0) is 42.0 Å². The van der Waals surface area contributed by atoms with Crippen LogP contribution < -0.4 is 15.4 Å². The molecule has 0 fully saturated rings. The van der Waals surface area contributed by atoms with Crippen LogP contribution in [0.4, 0.5) is 5.69 Å². The minimum Gasteiger partial charge on any atom is -0.489 e. The normalized spacial score (nSPS) is 15.1. The van der Waals surface area contributed by atoms with Crippen molar-refractivity contribution in [2.75, 3.05) is 19.1 Å². The highest BCUT2D eigenvalue weighted by atomic mass is 35.5. The van der Waals surface area contributed by atoms with E-state index >= 15 is 0 Å². The summed E-state index contributed by atoms with van der Waals surface area (Å²) < 4.78 is 15.9. The molecule has 1 unspecified atom stereocenters. The molecule has 1 atom stereocenters. The Kier molecular flexibility index (Phi) is 8.45. The predicted molar refractivity (Wildman–Crippen MR) is 147 cm³/mol. The van der Waals surface area contributed by atoms with E-state index in [1.54, 1.807) is 72.8 Å². The van der Waals surface area contributed by atoms with E-state index < -0.39 is 17.9 Å². The average molecular weight is 564 g/mol. The number of carbonyl (C=O) groups is 2. The Balaban J connectivity index is 1.78. The Labute approximate surface area is 235 Å². The minimum absolute atomic E-state index is 0.0268. The molecular formula is C29H23Cl2N3O5. The Morgan fingerprint density at radius 3 is 2.23 bits per heavy atom. The van der Waals surface area contributed by atoms with Crippen molar-refractivity contribution in [2.24, 2.45) is 5.73 Å². The van der Waals surface area contributed by atoms with Crippen LogP contribution in [0.5, 0.6) is 5.75 Å². The topological polar surface area (TPSA) is 115 Å². The van der Waals surface area contributed by atoms with Crippen molar-refractivity contribution < 1.29 is 23.8 Å². The van der Waals surface area contributed by atoms with Gasteiger partial charge in [0.05, 0.1) is 37.4 Å². The highest BCUT2D eigenvalue weighted by molar-refractivity contribution is 6.35. The molecule has 1 aliphatic heterocycles. The van der Waals surface area contributed by atoms with Gasteiger partial charge in [0.15, 0.2) is 0 Å². The van der Waals surface area contributed by atoms with Crippen molar-refractivity contribution in [3.63, 3.8) is 0 Å². The lowest BCUT2D eigenvalue weighted by molar-refractivity contribution is -0.139. The third-order valence-corrected chi connectivity index (χ3v) is 6.70. The smallest absolute Gasteiger partial charge is 0.355 e. The Morgan fingerprint density at radius 1 is 0.974 bits per heavy atom. The number of halogens is 2. The first-order valence-corrected chi connectivity index (χ1v) is 12.4. The van der Waals surface area contributed by atoms with Gasteiger partial charge in [0.1, 0.15) is 23.9 Å². The van der Waals surface area contributed by atoms with Gasteiger partial charge < -0.3 is 19.9 Å². The Bertz CT molecular complexity index is 1510. The maximum absolute atomic E-state index is 13.1. The third kappa shape index (κ3) is 5.55. The number of benzene rings is 3. The predicted octanol–water partition coefficient (Wildman–Crippen LogP) is 5.47. The van der Waals surface area contributed by atoms with Crippen LogP contribution in [0.2, 0.25) is 10.0 Å². The van der Waals surface area contributed by atoms with E-state index in [1.165, 1.54) is 19.1 Å². The Morgan fingerprint density at radius 2 is 1.64 bits per heavy atom. The molecule has 0 radical (unpaired) electrons. The zero-order valence-corrected chi connectivity index (χ0v) is 22.5. The summed E-state index contributed by atoms with van der Waals surface area (Å²) in [6.45, 7) is 0.193. The van der Waals surface area contributed by atoms with Crippen LogP contribution in [0.1, 0.15) is 17.0 Å². The van der Waals surface area contributed by atoms with Crippen molar-refractivity contribution in [1.29, 1.82) is 5.26 Å². The highest BCUT2D eigenvalue weighted by Gasteiger charge is 2.42. The van der Waals surface area contributed by atoms with E-state index in [9.17, 15) is 14.9 Å². The standard InChI is InChI=1S/C29H23Cl2N3O5/c1-37-28(35)25-24(17-6-4-3-5-7-17)22(15-32)27(33)34(26(25)29(36)38-2)20-10-12-21(13-11-20)39-16-18-8-9-19(30)14-23(18)31/h3-14,24H,16,33H2,1-2H3. The molecule has 8 nitrogen and oxygen atoms in total. The number of anilines is 1. The Hall–Kier alpha value is -4.45. The fourth-order valence-electron chi connectivity index (χ4n) is 4.27. The quantitative estimate of drug-likeness (QED) is 0.376. The molecule has 3 aromatic rings. The van der Waals surface area contributed by atoms with Gasteiger partial charge in [0.2, 0.25) is 0 Å². The molecule has 0 saturated heterocycles. The van der Waals surface area contributed by atoms with E-state index in [1.807, 2.05) is 0 Å². The molecule has 198 valence electrons. The van der Waals surface area contributed by atoms with E-state index in [0.717, 1.165) is 5.56 Å². The second-order valence-corrected chi connectivity index (χ2v) is 9.20. The summed E-state index contributed by atoms with van der Waals surface area (Å²) in [7, 11) is 2.39. The van der Waals surface area contributed by atoms with Gasteiger partial charge in [0.25, 0.3) is 0 Å². The lowest BCUT2D eigenvalue weighted by Crippen LogP contribution is -2.40. The zero-order valence-electron chi connectivity index (χ0n) is 21.0. The lowest BCUT2D eigenvalue weighted by atomic mass is 9.81. The van der Waals surface area contributed by atoms with Crippen molar-refractivity contribution in [3.8, 4) is 11.8 Å². The van der Waals surface area contributed by atoms with Crippen LogP contribution in [0.3, 0.4) is 0 Å². The second-order valence-electron chi connectivity index (χ2n) is 8.35. The highest BCUT2D eigenvalue weighted by Crippen LogP contribution is 2.43. The maximum Gasteiger partial charge on any atom is 0.355 e. The van der Waals surface area contributed by atoms with Crippen molar-refractivity contribution >= 4 is 40.8 Å². The molecule has 0 spiro atoms. The molecule has 1 heterocycles. The summed E-state index contributed by atoms with van der Waals surface area (Å²) in [4.78, 5) is 27.6. The number of nitrogens with zero attached hydrogens (tertiary/aromatic N) is 2. The first-order valence-electron chi connectivity index (χ1n) is 11.6. The van der Waals surface area contributed by atoms with Gasteiger partial charge in [-0.25, -0.2) is 9.59 Å². The number of rotatable bonds is 7. The van der Waals surface area contributed by atoms with Gasteiger partial charge in [0, 0.05) is 21.3 Å². The summed E-state index contributed by atoms with van der Waals surface area (Å²) in [5.41, 5.74) is 8.09. The van der Waals surface area contributed by atoms with Crippen molar-refractivity contribution in [2.45, 2.75) is 12.5 Å². The summed E-state index contributed by atoms with van der Waals surface area (Å²) in [5, 5.41) is 11.1. The summed E-state index contributed by atoms with van der Waals surface area (Å²) in [6, 6.07) is 22.6. The molecule has 1 aliphatic rings. The molecule has 2 N–H and O–H groups in total. The fourth-order valence-corrected chi connectivity index (χ4v) is 4.74. The first kappa shape index (κ1) is 27.6. The molecule has 0 amide bonds. The fraction of sp³-hybridized carbons (Fsp3) is 0.138. The number of carbonyl (C=O) groups excluding carboxylic acids is 2. The summed E-state index contributed by atoms with van der Waals surface area (Å²) in [5.74, 6) is -2.09. The molecular weight excluding hydrogens is 541 g/mol. The van der Waals surface area contributed by atoms with Gasteiger partial charge in [-0.2, -0.15) is 5.26 Å². The zero-order chi connectivity index (χ0) is 28.1. The van der Waals surface area contributed by atoms with Crippen molar-refractivity contribution in [1.82, 2.24) is 0 Å². The molecule has 0 aromatic heterocycles. The molecule has 0 bridgehead atoms. The number of esters is 2. The van der Waals surface area contributed by atoms with Crippen LogP contribution in [0.25, 0.3) is 0 Å². The largest absolute Gasteiger partial charge is 0.489 e. The number of nitriles is 1. The van der Waals surface area contributed by atoms with Crippen LogP contribution in [-0.4, -0.2) is 26.2 Å². The monoisotopic (exact) mass is 563 g/mol. The molecule has 4 rings (SSSR count). The average Bonchev–Trinajstić information content (AvgIpc) is 2.96. The number of hydrogen-bond donors (Lipinski definition) is 1. The number of methoxy groups -OCH3 is 2. The van der Waals surface area contributed by atoms with Gasteiger partial charge in [-0.15, -0.1) is 0 Å². The van der Waals surface area contributed by atoms with Gasteiger partial charge >= 0.3 is 11.9 Å². The van der Waals surface area contributed by atoms with E-state index in [0.29, 0.717) is 27.0 Å². The van der Waals surface area contributed by atoms with Gasteiger partial charge in [-0.3, -0.25) is 4.90 Å². The lowest BCUT2D eigenvalue weighted by Gasteiger charge is -2.35. The first-order chi connectivity index (χ1) is 18.8. The van der Waals surface area contributed by atoms with Crippen LogP contribution in [-0.2, 0) is 25.7 Å². The van der Waals surface area contributed by atoms with Crippen LogP contribution in [0.15, 0.2) is 95.5 Å². The summed E-state index contributed by atoms with van der Waals surface area (Å²) in [6.07, 6.45) is 0. The molecule has 39 heavy (non-hydrogen) atoms. The number of hydrogen-bond acceptors (Lipinski definition) is 8. The maximum atomic E-state index is 13.1.